The number of hydrogen-bond acceptors (Lipinski definition) is 0. The molecule has 0 aliphatic carbocycles. The summed E-state index contributed by atoms with van der Waals surface area (Å²) in [6.45, 7) is 14.2. The molecule has 242 valence electrons. The minimum absolute atomic E-state index is 0.619. The van der Waals surface area contributed by atoms with Crippen molar-refractivity contribution in [3.8, 4) is 0 Å². The van der Waals surface area contributed by atoms with Gasteiger partial charge in [0.2, 0.25) is 0 Å². The van der Waals surface area contributed by atoms with Crippen molar-refractivity contribution in [1.82, 2.24) is 0 Å². The zero-order chi connectivity index (χ0) is 30.6. The Labute approximate surface area is 258 Å². The lowest BCUT2D eigenvalue weighted by molar-refractivity contribution is 0.585. The average Bonchev–Trinajstić information content (AvgIpc) is 2.97. The molecule has 0 atom stereocenters. The molecule has 0 saturated heterocycles. The molecule has 0 aromatic rings. The van der Waals surface area contributed by atoms with E-state index in [1.807, 2.05) is 0 Å². The molecule has 0 N–H and O–H groups in total. The summed E-state index contributed by atoms with van der Waals surface area (Å²) in [4.78, 5) is 0. The van der Waals surface area contributed by atoms with Crippen molar-refractivity contribution >= 4 is 10.2 Å². The molecule has 0 aromatic heterocycles. The third-order valence-corrected chi connectivity index (χ3v) is 8.18. The van der Waals surface area contributed by atoms with Gasteiger partial charge in [-0.3, -0.25) is 0 Å². The van der Waals surface area contributed by atoms with Crippen LogP contribution in [0.4, 0.5) is 0 Å². The Bertz CT molecular complexity index is 237. The second-order valence-electron chi connectivity index (χ2n) is 12.0. The molecule has 0 aliphatic heterocycles. The summed E-state index contributed by atoms with van der Waals surface area (Å²) in [6, 6.07) is 1.51. The van der Waals surface area contributed by atoms with E-state index in [2.05, 4.69) is 41.5 Å². The number of hydrogen-bond donors (Lipinski definition) is 0. The molecule has 0 nitrogen and oxygen atoms in total. The van der Waals surface area contributed by atoms with Gasteiger partial charge in [-0.1, -0.05) is 247 Å². The van der Waals surface area contributed by atoms with E-state index in [0.29, 0.717) is 6.90 Å². The van der Waals surface area contributed by atoms with Crippen LogP contribution in [0.5, 0.6) is 0 Å². The van der Waals surface area contributed by atoms with E-state index in [1.54, 1.807) is 0 Å². The highest BCUT2D eigenvalue weighted by molar-refractivity contribution is 6.08. The number of rotatable bonds is 27. The van der Waals surface area contributed by atoms with Gasteiger partial charge in [0.15, 0.2) is 0 Å². The zero-order valence-corrected chi connectivity index (χ0v) is 31.6. The van der Waals surface area contributed by atoms with Crippen LogP contribution in [-0.4, -0.2) is 10.2 Å². The smallest absolute Gasteiger partial charge is 0.0230 e. The third-order valence-electron chi connectivity index (χ3n) is 7.47. The molecule has 0 heterocycles. The van der Waals surface area contributed by atoms with Gasteiger partial charge in [-0.25, -0.2) is 0 Å². The van der Waals surface area contributed by atoms with E-state index in [4.69, 9.17) is 1.37 Å². The highest BCUT2D eigenvalue weighted by Gasteiger charge is 1.89. The summed E-state index contributed by atoms with van der Waals surface area (Å²) in [5.41, 5.74) is 0. The van der Waals surface area contributed by atoms with Crippen LogP contribution in [0.1, 0.15) is 242 Å². The zero-order valence-electron chi connectivity index (χ0n) is 30.6. The summed E-state index contributed by atoms with van der Waals surface area (Å²) in [7, 11) is 1.41. The Morgan fingerprint density at radius 1 is 0.282 bits per heavy atom. The van der Waals surface area contributed by atoms with Crippen molar-refractivity contribution in [3.05, 3.63) is 0 Å². The monoisotopic (exact) mass is 573 g/mol. The summed E-state index contributed by atoms with van der Waals surface area (Å²) in [5, 5.41) is 0. The van der Waals surface area contributed by atoms with Crippen LogP contribution in [0.2, 0.25) is 6.04 Å². The second kappa shape index (κ2) is 54.3. The van der Waals surface area contributed by atoms with E-state index in [9.17, 15) is 0 Å². The SMILES string of the molecule is CCCCCCCCCC.CCCCCCCCCC.CCCCCCCCC[SiH3].[3H]CCCCCCCCC. The van der Waals surface area contributed by atoms with E-state index < -0.39 is 0 Å². The number of unbranched alkanes of at least 4 members (excludes halogenated alkanes) is 26. The second-order valence-corrected chi connectivity index (χ2v) is 13.0. The first kappa shape index (κ1) is 43.7. The molecule has 1 heteroatoms. The molecular weight excluding hydrogens is 485 g/mol. The predicted molar refractivity (Wildman–Crippen MR) is 193 cm³/mol. The molecular formula is C38H86Si. The van der Waals surface area contributed by atoms with Crippen LogP contribution in [-0.2, 0) is 0 Å². The highest BCUT2D eigenvalue weighted by Crippen LogP contribution is 2.09. The fourth-order valence-corrected chi connectivity index (χ4v) is 5.08. The van der Waals surface area contributed by atoms with Gasteiger partial charge in [-0.05, 0) is 0 Å². The van der Waals surface area contributed by atoms with E-state index in [0.717, 1.165) is 6.42 Å². The maximum Gasteiger partial charge on any atom is 0.0230 e. The van der Waals surface area contributed by atoms with Gasteiger partial charge < -0.3 is 0 Å². The third kappa shape index (κ3) is 67.7. The first-order valence-corrected chi connectivity index (χ1v) is 20.4. The average molecular weight is 573 g/mol. The van der Waals surface area contributed by atoms with Crippen molar-refractivity contribution in [3.63, 3.8) is 0 Å². The Kier molecular flexibility index (Phi) is 60.8. The van der Waals surface area contributed by atoms with Gasteiger partial charge in [0.05, 0.1) is 0 Å². The Morgan fingerprint density at radius 3 is 0.641 bits per heavy atom. The van der Waals surface area contributed by atoms with Gasteiger partial charge in [-0.2, -0.15) is 0 Å². The topological polar surface area (TPSA) is 0 Å². The molecule has 0 radical (unpaired) electrons. The lowest BCUT2D eigenvalue weighted by atomic mass is 10.1. The van der Waals surface area contributed by atoms with Crippen molar-refractivity contribution in [2.75, 3.05) is 0 Å². The molecule has 0 aromatic carbocycles. The lowest BCUT2D eigenvalue weighted by Gasteiger charge is -1.97. The van der Waals surface area contributed by atoms with E-state index >= 15 is 0 Å². The molecule has 0 aliphatic rings. The van der Waals surface area contributed by atoms with Crippen LogP contribution >= 0.6 is 0 Å². The molecule has 0 spiro atoms. The van der Waals surface area contributed by atoms with Gasteiger partial charge in [0, 0.05) is 11.6 Å². The van der Waals surface area contributed by atoms with Crippen molar-refractivity contribution in [1.29, 1.82) is 0 Å². The minimum Gasteiger partial charge on any atom is -0.0658 e. The highest BCUT2D eigenvalue weighted by atomic mass is 28.1. The molecule has 0 unspecified atom stereocenters. The van der Waals surface area contributed by atoms with Crippen LogP contribution in [0.25, 0.3) is 0 Å². The minimum atomic E-state index is 0.619. The molecule has 0 saturated carbocycles. The van der Waals surface area contributed by atoms with E-state index in [1.165, 1.54) is 202 Å². The van der Waals surface area contributed by atoms with Crippen LogP contribution < -0.4 is 0 Å². The van der Waals surface area contributed by atoms with Gasteiger partial charge in [-0.15, -0.1) is 0 Å². The quantitative estimate of drug-likeness (QED) is 0.0678. The van der Waals surface area contributed by atoms with Crippen LogP contribution in [0, 0.1) is 0 Å². The first-order valence-electron chi connectivity index (χ1n) is 19.7. The first-order chi connectivity index (χ1) is 19.7. The summed E-state index contributed by atoms with van der Waals surface area (Å²) in [5.74, 6) is 0. The van der Waals surface area contributed by atoms with Gasteiger partial charge in [0.25, 0.3) is 0 Å². The van der Waals surface area contributed by atoms with E-state index in [-0.39, 0.29) is 0 Å². The fourth-order valence-electron chi connectivity index (χ4n) is 4.58. The summed E-state index contributed by atoms with van der Waals surface area (Å²) in [6.07, 6.45) is 42.4. The fraction of sp³-hybridized carbons (Fsp3) is 1.00. The Balaban J connectivity index is -0.000000216. The molecule has 0 amide bonds. The molecule has 39 heavy (non-hydrogen) atoms. The van der Waals surface area contributed by atoms with Gasteiger partial charge >= 0.3 is 0 Å². The van der Waals surface area contributed by atoms with Crippen LogP contribution in [0.3, 0.4) is 0 Å². The maximum absolute atomic E-state index is 6.92. The predicted octanol–water partition coefficient (Wildman–Crippen LogP) is 14.6. The van der Waals surface area contributed by atoms with Gasteiger partial charge in [0.1, 0.15) is 0 Å². The summed E-state index contributed by atoms with van der Waals surface area (Å²) >= 11 is 0. The standard InChI is InChI=1S/2C10H22.C9H22Si.C9H20/c2*1-3-5-7-9-10-8-6-4-2;1-2-3-4-5-6-7-8-9-10;1-3-5-7-9-8-6-4-2/h2*3-10H2,1-2H3;2-9H2,1,10H3;3-9H2,1-2H3/i;;;1T. The molecule has 0 rings (SSSR count). The largest absolute Gasteiger partial charge is 0.0658 e. The van der Waals surface area contributed by atoms with Crippen molar-refractivity contribution < 1.29 is 1.37 Å². The van der Waals surface area contributed by atoms with Crippen molar-refractivity contribution in [2.24, 2.45) is 0 Å². The lowest BCUT2D eigenvalue weighted by Crippen LogP contribution is -1.78. The normalized spacial score (nSPS) is 10.6. The summed E-state index contributed by atoms with van der Waals surface area (Å²) < 4.78 is 6.92. The molecule has 0 bridgehead atoms. The van der Waals surface area contributed by atoms with Crippen molar-refractivity contribution in [2.45, 2.75) is 247 Å². The Hall–Kier alpha value is 0.217. The molecule has 0 fully saturated rings. The Morgan fingerprint density at radius 2 is 0.462 bits per heavy atom. The van der Waals surface area contributed by atoms with Crippen LogP contribution in [0.15, 0.2) is 0 Å². The maximum atomic E-state index is 6.92.